The number of nitrogens with one attached hydrogen (secondary N) is 1. The summed E-state index contributed by atoms with van der Waals surface area (Å²) in [5, 5.41) is 2.67. The van der Waals surface area contributed by atoms with Gasteiger partial charge < -0.3 is 15.8 Å². The van der Waals surface area contributed by atoms with E-state index < -0.39 is 6.04 Å². The lowest BCUT2D eigenvalue weighted by Gasteiger charge is -2.19. The van der Waals surface area contributed by atoms with Gasteiger partial charge in [0, 0.05) is 19.0 Å². The van der Waals surface area contributed by atoms with E-state index in [0.29, 0.717) is 12.1 Å². The highest BCUT2D eigenvalue weighted by Crippen LogP contribution is 2.21. The molecule has 1 fully saturated rings. The number of anilines is 1. The van der Waals surface area contributed by atoms with Gasteiger partial charge in [0.15, 0.2) is 0 Å². The summed E-state index contributed by atoms with van der Waals surface area (Å²) in [7, 11) is 0. The molecular weight excluding hydrogens is 268 g/mol. The molecule has 1 aromatic carbocycles. The second kappa shape index (κ2) is 7.11. The van der Waals surface area contributed by atoms with Crippen LogP contribution in [-0.4, -0.2) is 24.0 Å². The van der Waals surface area contributed by atoms with Crippen molar-refractivity contribution in [3.63, 3.8) is 0 Å². The zero-order valence-electron chi connectivity index (χ0n) is 12.3. The van der Waals surface area contributed by atoms with Crippen molar-refractivity contribution in [1.29, 1.82) is 0 Å². The molecule has 5 heteroatoms. The SMILES string of the molecule is CC(=O)N[C@@H](Cc1ccc(N)cc1)C(=O)OC1CCCC1. The number of rotatable bonds is 5. The Balaban J connectivity index is 2.00. The molecule has 5 nitrogen and oxygen atoms in total. The molecule has 0 aliphatic heterocycles. The number of esters is 1. The normalized spacial score (nSPS) is 16.4. The average Bonchev–Trinajstić information content (AvgIpc) is 2.93. The van der Waals surface area contributed by atoms with Crippen LogP contribution < -0.4 is 11.1 Å². The molecule has 21 heavy (non-hydrogen) atoms. The molecule has 1 saturated carbocycles. The van der Waals surface area contributed by atoms with E-state index in [4.69, 9.17) is 10.5 Å². The van der Waals surface area contributed by atoms with E-state index in [1.54, 1.807) is 12.1 Å². The largest absolute Gasteiger partial charge is 0.461 e. The molecule has 0 spiro atoms. The Morgan fingerprint density at radius 3 is 2.48 bits per heavy atom. The van der Waals surface area contributed by atoms with Crippen LogP contribution in [0.15, 0.2) is 24.3 Å². The predicted molar refractivity (Wildman–Crippen MR) is 80.5 cm³/mol. The number of nitrogen functional groups attached to an aromatic ring is 1. The molecule has 3 N–H and O–H groups in total. The van der Waals surface area contributed by atoms with E-state index >= 15 is 0 Å². The second-order valence-electron chi connectivity index (χ2n) is 5.54. The van der Waals surface area contributed by atoms with Gasteiger partial charge in [0.25, 0.3) is 0 Å². The lowest BCUT2D eigenvalue weighted by atomic mass is 10.1. The fraction of sp³-hybridized carbons (Fsp3) is 0.500. The van der Waals surface area contributed by atoms with Gasteiger partial charge in [0.05, 0.1) is 0 Å². The minimum absolute atomic E-state index is 0.000163. The Hall–Kier alpha value is -2.04. The second-order valence-corrected chi connectivity index (χ2v) is 5.54. The number of carbonyl (C=O) groups is 2. The molecule has 1 aliphatic carbocycles. The Bertz CT molecular complexity index is 493. The first kappa shape index (κ1) is 15.4. The van der Waals surface area contributed by atoms with Crippen LogP contribution in [0.2, 0.25) is 0 Å². The number of hydrogen-bond acceptors (Lipinski definition) is 4. The molecule has 0 radical (unpaired) electrons. The molecule has 114 valence electrons. The third-order valence-electron chi connectivity index (χ3n) is 3.67. The molecular formula is C16H22N2O3. The van der Waals surface area contributed by atoms with Crippen LogP contribution in [0, 0.1) is 0 Å². The summed E-state index contributed by atoms with van der Waals surface area (Å²) in [4.78, 5) is 23.5. The zero-order valence-corrected chi connectivity index (χ0v) is 12.3. The first-order chi connectivity index (χ1) is 10.0. The molecule has 1 aliphatic rings. The molecule has 0 heterocycles. The first-order valence-electron chi connectivity index (χ1n) is 7.36. The van der Waals surface area contributed by atoms with Gasteiger partial charge in [-0.2, -0.15) is 0 Å². The molecule has 1 aromatic rings. The molecule has 1 atom stereocenters. The first-order valence-corrected chi connectivity index (χ1v) is 7.36. The Kier molecular flexibility index (Phi) is 5.20. The number of hydrogen-bond donors (Lipinski definition) is 2. The highest BCUT2D eigenvalue weighted by atomic mass is 16.5. The van der Waals surface area contributed by atoms with E-state index in [-0.39, 0.29) is 18.0 Å². The Morgan fingerprint density at radius 1 is 1.29 bits per heavy atom. The molecule has 0 aromatic heterocycles. The topological polar surface area (TPSA) is 81.4 Å². The van der Waals surface area contributed by atoms with Crippen LogP contribution in [-0.2, 0) is 20.7 Å². The summed E-state index contributed by atoms with van der Waals surface area (Å²) in [6.45, 7) is 1.40. The lowest BCUT2D eigenvalue weighted by molar-refractivity contribution is -0.152. The summed E-state index contributed by atoms with van der Waals surface area (Å²) in [6, 6.07) is 6.62. The summed E-state index contributed by atoms with van der Waals surface area (Å²) in [5.41, 5.74) is 7.25. The Morgan fingerprint density at radius 2 is 1.90 bits per heavy atom. The molecule has 0 bridgehead atoms. The van der Waals surface area contributed by atoms with E-state index in [9.17, 15) is 9.59 Å². The van der Waals surface area contributed by atoms with Crippen LogP contribution in [0.4, 0.5) is 5.69 Å². The van der Waals surface area contributed by atoms with Crippen molar-refractivity contribution in [3.05, 3.63) is 29.8 Å². The summed E-state index contributed by atoms with van der Waals surface area (Å²) in [5.74, 6) is -0.590. The number of nitrogens with two attached hydrogens (primary N) is 1. The van der Waals surface area contributed by atoms with Crippen molar-refractivity contribution < 1.29 is 14.3 Å². The van der Waals surface area contributed by atoms with Crippen LogP contribution in [0.3, 0.4) is 0 Å². The van der Waals surface area contributed by atoms with Gasteiger partial charge >= 0.3 is 5.97 Å². The molecule has 0 saturated heterocycles. The van der Waals surface area contributed by atoms with Crippen molar-refractivity contribution in [1.82, 2.24) is 5.32 Å². The van der Waals surface area contributed by atoms with Gasteiger partial charge in [-0.1, -0.05) is 12.1 Å². The summed E-state index contributed by atoms with van der Waals surface area (Å²) < 4.78 is 5.49. The maximum absolute atomic E-state index is 12.2. The van der Waals surface area contributed by atoms with Crippen LogP contribution >= 0.6 is 0 Å². The maximum Gasteiger partial charge on any atom is 0.329 e. The fourth-order valence-corrected chi connectivity index (χ4v) is 2.58. The van der Waals surface area contributed by atoms with E-state index in [0.717, 1.165) is 31.2 Å². The smallest absolute Gasteiger partial charge is 0.329 e. The number of benzene rings is 1. The maximum atomic E-state index is 12.2. The van der Waals surface area contributed by atoms with Crippen LogP contribution in [0.25, 0.3) is 0 Å². The quantitative estimate of drug-likeness (QED) is 0.640. The van der Waals surface area contributed by atoms with Crippen LogP contribution in [0.1, 0.15) is 38.2 Å². The zero-order chi connectivity index (χ0) is 15.2. The summed E-state index contributed by atoms with van der Waals surface area (Å²) >= 11 is 0. The van der Waals surface area contributed by atoms with E-state index in [2.05, 4.69) is 5.32 Å². The number of amides is 1. The summed E-state index contributed by atoms with van der Waals surface area (Å²) in [6.07, 6.45) is 4.44. The van der Waals surface area contributed by atoms with Crippen molar-refractivity contribution in [2.45, 2.75) is 51.2 Å². The minimum Gasteiger partial charge on any atom is -0.461 e. The lowest BCUT2D eigenvalue weighted by Crippen LogP contribution is -2.43. The highest BCUT2D eigenvalue weighted by molar-refractivity contribution is 5.83. The Labute approximate surface area is 124 Å². The fourth-order valence-electron chi connectivity index (χ4n) is 2.58. The predicted octanol–water partition coefficient (Wildman–Crippen LogP) is 1.80. The molecule has 0 unspecified atom stereocenters. The highest BCUT2D eigenvalue weighted by Gasteiger charge is 2.26. The van der Waals surface area contributed by atoms with E-state index in [1.165, 1.54) is 6.92 Å². The van der Waals surface area contributed by atoms with Gasteiger partial charge in [0.1, 0.15) is 12.1 Å². The van der Waals surface area contributed by atoms with Crippen molar-refractivity contribution in [3.8, 4) is 0 Å². The van der Waals surface area contributed by atoms with Gasteiger partial charge in [-0.3, -0.25) is 4.79 Å². The monoisotopic (exact) mass is 290 g/mol. The molecule has 2 rings (SSSR count). The van der Waals surface area contributed by atoms with Crippen molar-refractivity contribution in [2.24, 2.45) is 0 Å². The standard InChI is InChI=1S/C16H22N2O3/c1-11(19)18-15(10-12-6-8-13(17)9-7-12)16(20)21-14-4-2-3-5-14/h6-9,14-15H,2-5,10,17H2,1H3,(H,18,19)/t15-/m0/s1. The van der Waals surface area contributed by atoms with E-state index in [1.807, 2.05) is 12.1 Å². The third-order valence-corrected chi connectivity index (χ3v) is 3.67. The third kappa shape index (κ3) is 4.77. The minimum atomic E-state index is -0.647. The van der Waals surface area contributed by atoms with Crippen molar-refractivity contribution >= 4 is 17.6 Å². The van der Waals surface area contributed by atoms with Gasteiger partial charge in [-0.05, 0) is 43.4 Å². The number of ether oxygens (including phenoxy) is 1. The van der Waals surface area contributed by atoms with Gasteiger partial charge in [0.2, 0.25) is 5.91 Å². The average molecular weight is 290 g/mol. The molecule has 1 amide bonds. The van der Waals surface area contributed by atoms with Gasteiger partial charge in [-0.25, -0.2) is 4.79 Å². The van der Waals surface area contributed by atoms with Crippen LogP contribution in [0.5, 0.6) is 0 Å². The number of carbonyl (C=O) groups excluding carboxylic acids is 2. The van der Waals surface area contributed by atoms with Crippen molar-refractivity contribution in [2.75, 3.05) is 5.73 Å². The van der Waals surface area contributed by atoms with Gasteiger partial charge in [-0.15, -0.1) is 0 Å².